The molecule has 4 aliphatic rings. The molecular formula is C20H21ClN2O6. The third-order valence-electron chi connectivity index (χ3n) is 6.33. The first-order valence-corrected chi connectivity index (χ1v) is 10.0. The molecule has 5 rings (SSSR count). The van der Waals surface area contributed by atoms with Gasteiger partial charge < -0.3 is 4.74 Å². The lowest BCUT2D eigenvalue weighted by Crippen LogP contribution is -2.56. The van der Waals surface area contributed by atoms with Gasteiger partial charge in [0.1, 0.15) is 0 Å². The summed E-state index contributed by atoms with van der Waals surface area (Å²) in [5, 5.41) is 12.9. The number of alkyl halides is 1. The lowest BCUT2D eigenvalue weighted by Gasteiger charge is -2.58. The van der Waals surface area contributed by atoms with E-state index in [2.05, 4.69) is 5.32 Å². The molecule has 0 aliphatic heterocycles. The number of rotatable bonds is 5. The molecule has 0 saturated heterocycles. The molecular weight excluding hydrogens is 400 g/mol. The smallest absolute Gasteiger partial charge is 0.312 e. The summed E-state index contributed by atoms with van der Waals surface area (Å²) < 4.78 is 5.26. The van der Waals surface area contributed by atoms with Crippen LogP contribution in [0.15, 0.2) is 24.3 Å². The van der Waals surface area contributed by atoms with E-state index in [9.17, 15) is 24.5 Å². The SMILES string of the molecule is O=C(COC(=O)C12C[C@@H]3C[C@@H](CC(Cl)(C3)C1)C2)NC(=O)c1cccc([N+](=O)[O-])c1. The molecule has 4 fully saturated rings. The van der Waals surface area contributed by atoms with E-state index in [1.165, 1.54) is 18.2 Å². The monoisotopic (exact) mass is 420 g/mol. The molecule has 2 unspecified atom stereocenters. The molecule has 0 spiro atoms. The number of esters is 1. The van der Waals surface area contributed by atoms with Gasteiger partial charge in [0.15, 0.2) is 6.61 Å². The fourth-order valence-corrected chi connectivity index (χ4v) is 6.36. The van der Waals surface area contributed by atoms with Gasteiger partial charge in [-0.2, -0.15) is 0 Å². The average molecular weight is 421 g/mol. The summed E-state index contributed by atoms with van der Waals surface area (Å²) >= 11 is 6.72. The van der Waals surface area contributed by atoms with Crippen LogP contribution in [-0.4, -0.2) is 34.2 Å². The Labute approximate surface area is 172 Å². The van der Waals surface area contributed by atoms with E-state index in [0.717, 1.165) is 38.2 Å². The Balaban J connectivity index is 1.34. The zero-order valence-electron chi connectivity index (χ0n) is 15.7. The van der Waals surface area contributed by atoms with E-state index in [1.807, 2.05) is 0 Å². The van der Waals surface area contributed by atoms with Crippen molar-refractivity contribution in [1.82, 2.24) is 5.32 Å². The van der Waals surface area contributed by atoms with Gasteiger partial charge in [0.05, 0.1) is 10.3 Å². The fraction of sp³-hybridized carbons (Fsp3) is 0.550. The molecule has 1 aromatic carbocycles. The molecule has 1 N–H and O–H groups in total. The Morgan fingerprint density at radius 1 is 1.21 bits per heavy atom. The standard InChI is InChI=1S/C20H21ClN2O6/c21-20-8-12-4-13(9-20)7-19(6-12,11-20)18(26)29-10-16(24)22-17(25)14-2-1-3-15(5-14)23(27)28/h1-3,5,12-13H,4,6-11H2,(H,22,24,25)/t12-,13+,19?,20?. The van der Waals surface area contributed by atoms with Gasteiger partial charge in [-0.25, -0.2) is 0 Å². The minimum atomic E-state index is -0.788. The van der Waals surface area contributed by atoms with Crippen molar-refractivity contribution < 1.29 is 24.0 Å². The molecule has 0 radical (unpaired) electrons. The highest BCUT2D eigenvalue weighted by Crippen LogP contribution is 2.64. The number of carbonyl (C=O) groups excluding carboxylic acids is 3. The van der Waals surface area contributed by atoms with Crippen molar-refractivity contribution in [2.75, 3.05) is 6.61 Å². The van der Waals surface area contributed by atoms with Crippen LogP contribution in [0.2, 0.25) is 0 Å². The molecule has 4 aliphatic carbocycles. The summed E-state index contributed by atoms with van der Waals surface area (Å²) in [5.41, 5.74) is -0.909. The van der Waals surface area contributed by atoms with Crippen molar-refractivity contribution in [1.29, 1.82) is 0 Å². The summed E-state index contributed by atoms with van der Waals surface area (Å²) in [7, 11) is 0. The molecule has 154 valence electrons. The number of nitro groups is 1. The van der Waals surface area contributed by atoms with Crippen LogP contribution < -0.4 is 5.32 Å². The van der Waals surface area contributed by atoms with Crippen LogP contribution in [0.25, 0.3) is 0 Å². The van der Waals surface area contributed by atoms with Crippen LogP contribution in [0.5, 0.6) is 0 Å². The second-order valence-corrected chi connectivity index (χ2v) is 9.45. The average Bonchev–Trinajstić information content (AvgIpc) is 2.64. The van der Waals surface area contributed by atoms with E-state index in [1.54, 1.807) is 0 Å². The lowest BCUT2D eigenvalue weighted by atomic mass is 9.49. The number of nitro benzene ring substituents is 1. The Bertz CT molecular complexity index is 887. The predicted octanol–water partition coefficient (Wildman–Crippen LogP) is 2.97. The quantitative estimate of drug-likeness (QED) is 0.339. The normalized spacial score (nSPS) is 31.9. The fourth-order valence-electron chi connectivity index (χ4n) is 5.67. The number of carbonyl (C=O) groups is 3. The van der Waals surface area contributed by atoms with E-state index < -0.39 is 34.7 Å². The largest absolute Gasteiger partial charge is 0.455 e. The number of nitrogens with one attached hydrogen (secondary N) is 1. The Morgan fingerprint density at radius 2 is 1.90 bits per heavy atom. The molecule has 29 heavy (non-hydrogen) atoms. The number of hydrogen-bond donors (Lipinski definition) is 1. The molecule has 8 nitrogen and oxygen atoms in total. The third-order valence-corrected chi connectivity index (χ3v) is 6.77. The predicted molar refractivity (Wildman–Crippen MR) is 102 cm³/mol. The van der Waals surface area contributed by atoms with Gasteiger partial charge in [0.25, 0.3) is 17.5 Å². The molecule has 4 atom stereocenters. The summed E-state index contributed by atoms with van der Waals surface area (Å²) in [6.45, 7) is -0.578. The second kappa shape index (κ2) is 7.09. The van der Waals surface area contributed by atoms with Gasteiger partial charge in [-0.1, -0.05) is 6.07 Å². The number of hydrogen-bond acceptors (Lipinski definition) is 6. The number of non-ortho nitro benzene ring substituents is 1. The first-order chi connectivity index (χ1) is 13.7. The summed E-state index contributed by atoms with van der Waals surface area (Å²) in [5.74, 6) is -1.14. The van der Waals surface area contributed by atoms with Crippen molar-refractivity contribution in [3.63, 3.8) is 0 Å². The third kappa shape index (κ3) is 3.85. The minimum Gasteiger partial charge on any atom is -0.455 e. The first kappa shape index (κ1) is 19.8. The molecule has 1 aromatic rings. The van der Waals surface area contributed by atoms with Gasteiger partial charge in [-0.15, -0.1) is 11.6 Å². The number of ether oxygens (including phenoxy) is 1. The molecule has 4 bridgehead atoms. The number of nitrogens with zero attached hydrogens (tertiary/aromatic N) is 1. The molecule has 4 saturated carbocycles. The molecule has 2 amide bonds. The minimum absolute atomic E-state index is 0.0240. The summed E-state index contributed by atoms with van der Waals surface area (Å²) in [6, 6.07) is 5.03. The maximum atomic E-state index is 12.8. The van der Waals surface area contributed by atoms with E-state index in [0.29, 0.717) is 18.3 Å². The van der Waals surface area contributed by atoms with Crippen molar-refractivity contribution in [2.45, 2.75) is 43.4 Å². The number of imide groups is 1. The summed E-state index contributed by atoms with van der Waals surface area (Å²) in [6.07, 6.45) is 5.01. The Kier molecular flexibility index (Phi) is 4.85. The first-order valence-electron chi connectivity index (χ1n) is 9.63. The van der Waals surface area contributed by atoms with Crippen molar-refractivity contribution in [3.8, 4) is 0 Å². The van der Waals surface area contributed by atoms with Crippen LogP contribution in [0.3, 0.4) is 0 Å². The highest BCUT2D eigenvalue weighted by molar-refractivity contribution is 6.24. The highest BCUT2D eigenvalue weighted by Gasteiger charge is 2.60. The van der Waals surface area contributed by atoms with Crippen molar-refractivity contribution in [3.05, 3.63) is 39.9 Å². The van der Waals surface area contributed by atoms with Crippen LogP contribution in [0.1, 0.15) is 48.9 Å². The number of halogens is 1. The van der Waals surface area contributed by atoms with Crippen molar-refractivity contribution >= 4 is 35.1 Å². The molecule has 0 aromatic heterocycles. The zero-order valence-corrected chi connectivity index (χ0v) is 16.4. The Hall–Kier alpha value is -2.48. The zero-order chi connectivity index (χ0) is 20.8. The highest BCUT2D eigenvalue weighted by atomic mass is 35.5. The second-order valence-electron chi connectivity index (χ2n) is 8.65. The molecule has 9 heteroatoms. The van der Waals surface area contributed by atoms with Gasteiger partial charge in [0.2, 0.25) is 0 Å². The number of amides is 2. The van der Waals surface area contributed by atoms with Crippen molar-refractivity contribution in [2.24, 2.45) is 17.3 Å². The maximum absolute atomic E-state index is 12.8. The van der Waals surface area contributed by atoms with Gasteiger partial charge in [-0.05, 0) is 56.4 Å². The van der Waals surface area contributed by atoms with Crippen LogP contribution >= 0.6 is 11.6 Å². The van der Waals surface area contributed by atoms with E-state index in [4.69, 9.17) is 16.3 Å². The maximum Gasteiger partial charge on any atom is 0.312 e. The van der Waals surface area contributed by atoms with E-state index >= 15 is 0 Å². The van der Waals surface area contributed by atoms with Gasteiger partial charge in [0, 0.05) is 22.6 Å². The Morgan fingerprint density at radius 3 is 2.52 bits per heavy atom. The topological polar surface area (TPSA) is 116 Å². The van der Waals surface area contributed by atoms with Crippen LogP contribution in [-0.2, 0) is 14.3 Å². The van der Waals surface area contributed by atoms with Gasteiger partial charge >= 0.3 is 5.97 Å². The lowest BCUT2D eigenvalue weighted by molar-refractivity contribution is -0.384. The van der Waals surface area contributed by atoms with Crippen LogP contribution in [0.4, 0.5) is 5.69 Å². The number of benzene rings is 1. The summed E-state index contributed by atoms with van der Waals surface area (Å²) in [4.78, 5) is 46.8. The van der Waals surface area contributed by atoms with Gasteiger partial charge in [-0.3, -0.25) is 29.8 Å². The van der Waals surface area contributed by atoms with E-state index in [-0.39, 0.29) is 16.1 Å². The van der Waals surface area contributed by atoms with Crippen LogP contribution in [0, 0.1) is 27.4 Å². The molecule has 0 heterocycles.